The van der Waals surface area contributed by atoms with Crippen LogP contribution in [0.3, 0.4) is 0 Å². The van der Waals surface area contributed by atoms with Crippen molar-refractivity contribution in [2.45, 2.75) is 19.4 Å². The number of hydrogen-bond donors (Lipinski definition) is 0. The van der Waals surface area contributed by atoms with Crippen LogP contribution < -0.4 is 0 Å². The Labute approximate surface area is 103 Å². The molecule has 86 valence electrons. The van der Waals surface area contributed by atoms with Crippen molar-refractivity contribution < 1.29 is 9.21 Å². The normalized spacial score (nSPS) is 9.75. The van der Waals surface area contributed by atoms with Gasteiger partial charge < -0.3 is 9.32 Å². The van der Waals surface area contributed by atoms with Crippen LogP contribution in [0.25, 0.3) is 0 Å². The SMILES string of the molecule is N#CCCN(Cc1ccco1)C(=O)CCBr. The van der Waals surface area contributed by atoms with Gasteiger partial charge in [0.1, 0.15) is 5.76 Å². The van der Waals surface area contributed by atoms with Gasteiger partial charge in [-0.3, -0.25) is 4.79 Å². The van der Waals surface area contributed by atoms with Crippen LogP contribution in [0, 0.1) is 11.3 Å². The molecule has 0 aliphatic heterocycles. The second kappa shape index (κ2) is 7.07. The van der Waals surface area contributed by atoms with Crippen LogP contribution in [0.15, 0.2) is 22.8 Å². The van der Waals surface area contributed by atoms with E-state index >= 15 is 0 Å². The fraction of sp³-hybridized carbons (Fsp3) is 0.455. The number of carbonyl (C=O) groups excluding carboxylic acids is 1. The van der Waals surface area contributed by atoms with E-state index < -0.39 is 0 Å². The van der Waals surface area contributed by atoms with E-state index in [2.05, 4.69) is 15.9 Å². The predicted molar refractivity (Wildman–Crippen MR) is 62.8 cm³/mol. The van der Waals surface area contributed by atoms with Crippen LogP contribution in [0.4, 0.5) is 0 Å². The van der Waals surface area contributed by atoms with Gasteiger partial charge in [-0.1, -0.05) is 15.9 Å². The maximum Gasteiger partial charge on any atom is 0.223 e. The lowest BCUT2D eigenvalue weighted by Crippen LogP contribution is -2.31. The lowest BCUT2D eigenvalue weighted by Gasteiger charge is -2.19. The smallest absolute Gasteiger partial charge is 0.223 e. The largest absolute Gasteiger partial charge is 0.467 e. The van der Waals surface area contributed by atoms with Crippen molar-refractivity contribution in [1.29, 1.82) is 5.26 Å². The van der Waals surface area contributed by atoms with E-state index in [0.29, 0.717) is 31.3 Å². The van der Waals surface area contributed by atoms with Crippen molar-refractivity contribution in [3.05, 3.63) is 24.2 Å². The summed E-state index contributed by atoms with van der Waals surface area (Å²) in [7, 11) is 0. The van der Waals surface area contributed by atoms with Crippen molar-refractivity contribution in [3.63, 3.8) is 0 Å². The number of nitrogens with zero attached hydrogens (tertiary/aromatic N) is 2. The van der Waals surface area contributed by atoms with Gasteiger partial charge in [-0.05, 0) is 12.1 Å². The molecule has 0 aliphatic rings. The molecular formula is C11H13BrN2O2. The first kappa shape index (κ1) is 12.8. The molecule has 0 bridgehead atoms. The van der Waals surface area contributed by atoms with Gasteiger partial charge in [0.05, 0.1) is 25.3 Å². The van der Waals surface area contributed by atoms with Gasteiger partial charge in [0.25, 0.3) is 0 Å². The fourth-order valence-corrected chi connectivity index (χ4v) is 1.65. The summed E-state index contributed by atoms with van der Waals surface area (Å²) >= 11 is 3.23. The molecule has 1 amide bonds. The third-order valence-corrected chi connectivity index (χ3v) is 2.48. The average Bonchev–Trinajstić information content (AvgIpc) is 2.77. The van der Waals surface area contributed by atoms with Gasteiger partial charge in [0, 0.05) is 18.3 Å². The number of hydrogen-bond acceptors (Lipinski definition) is 3. The van der Waals surface area contributed by atoms with Crippen molar-refractivity contribution in [1.82, 2.24) is 4.90 Å². The first-order valence-corrected chi connectivity index (χ1v) is 6.13. The molecule has 0 saturated heterocycles. The first-order valence-electron chi connectivity index (χ1n) is 5.01. The molecule has 0 radical (unpaired) electrons. The van der Waals surface area contributed by atoms with Crippen LogP contribution in [0.1, 0.15) is 18.6 Å². The number of nitriles is 1. The molecule has 0 fully saturated rings. The lowest BCUT2D eigenvalue weighted by atomic mass is 10.3. The number of rotatable bonds is 6. The van der Waals surface area contributed by atoms with Crippen molar-refractivity contribution >= 4 is 21.8 Å². The average molecular weight is 285 g/mol. The van der Waals surface area contributed by atoms with Gasteiger partial charge in [-0.25, -0.2) is 0 Å². The minimum absolute atomic E-state index is 0.0310. The fourth-order valence-electron chi connectivity index (χ4n) is 1.31. The lowest BCUT2D eigenvalue weighted by molar-refractivity contribution is -0.131. The molecule has 4 nitrogen and oxygen atoms in total. The quantitative estimate of drug-likeness (QED) is 0.753. The second-order valence-electron chi connectivity index (χ2n) is 3.24. The summed E-state index contributed by atoms with van der Waals surface area (Å²) < 4.78 is 5.18. The Balaban J connectivity index is 2.56. The summed E-state index contributed by atoms with van der Waals surface area (Å²) in [5.41, 5.74) is 0. The highest BCUT2D eigenvalue weighted by atomic mass is 79.9. The van der Waals surface area contributed by atoms with Crippen molar-refractivity contribution in [2.24, 2.45) is 0 Å². The molecule has 1 aromatic rings. The molecule has 0 aromatic carbocycles. The highest BCUT2D eigenvalue weighted by Gasteiger charge is 2.13. The van der Waals surface area contributed by atoms with Crippen LogP contribution >= 0.6 is 15.9 Å². The summed E-state index contributed by atoms with van der Waals surface area (Å²) in [6.07, 6.45) is 2.35. The Morgan fingerprint density at radius 2 is 2.44 bits per heavy atom. The highest BCUT2D eigenvalue weighted by molar-refractivity contribution is 9.09. The minimum Gasteiger partial charge on any atom is -0.467 e. The monoisotopic (exact) mass is 284 g/mol. The molecule has 0 N–H and O–H groups in total. The van der Waals surface area contributed by atoms with Gasteiger partial charge in [0.2, 0.25) is 5.91 Å². The number of furan rings is 1. The molecule has 0 saturated carbocycles. The molecule has 1 rings (SSSR count). The number of halogens is 1. The molecule has 0 aliphatic carbocycles. The summed E-state index contributed by atoms with van der Waals surface area (Å²) in [5.74, 6) is 0.768. The Morgan fingerprint density at radius 1 is 1.62 bits per heavy atom. The molecule has 1 aromatic heterocycles. The van der Waals surface area contributed by atoms with E-state index in [9.17, 15) is 4.79 Å². The Kier molecular flexibility index (Phi) is 5.65. The second-order valence-corrected chi connectivity index (χ2v) is 4.03. The van der Waals surface area contributed by atoms with Gasteiger partial charge in [-0.2, -0.15) is 5.26 Å². The Bertz CT molecular complexity index is 357. The van der Waals surface area contributed by atoms with Gasteiger partial charge in [-0.15, -0.1) is 0 Å². The Hall–Kier alpha value is -1.28. The maximum atomic E-state index is 11.7. The minimum atomic E-state index is 0.0310. The molecule has 16 heavy (non-hydrogen) atoms. The number of carbonyl (C=O) groups is 1. The van der Waals surface area contributed by atoms with E-state index in [0.717, 1.165) is 5.76 Å². The zero-order valence-electron chi connectivity index (χ0n) is 8.86. The van der Waals surface area contributed by atoms with Crippen molar-refractivity contribution in [3.8, 4) is 6.07 Å². The van der Waals surface area contributed by atoms with E-state index in [1.54, 1.807) is 17.2 Å². The van der Waals surface area contributed by atoms with Gasteiger partial charge >= 0.3 is 0 Å². The Morgan fingerprint density at radius 3 is 3.00 bits per heavy atom. The maximum absolute atomic E-state index is 11.7. The van der Waals surface area contributed by atoms with E-state index in [4.69, 9.17) is 9.68 Å². The molecule has 5 heteroatoms. The third kappa shape index (κ3) is 4.07. The number of amides is 1. The summed E-state index contributed by atoms with van der Waals surface area (Å²) in [6, 6.07) is 5.64. The van der Waals surface area contributed by atoms with Crippen LogP contribution in [0.5, 0.6) is 0 Å². The van der Waals surface area contributed by atoms with Crippen molar-refractivity contribution in [2.75, 3.05) is 11.9 Å². The van der Waals surface area contributed by atoms with E-state index in [1.807, 2.05) is 12.1 Å². The number of alkyl halides is 1. The predicted octanol–water partition coefficient (Wildman–Crippen LogP) is 2.31. The summed E-state index contributed by atoms with van der Waals surface area (Å²) in [6.45, 7) is 0.879. The standard InChI is InChI=1S/C11H13BrN2O2/c12-5-4-11(15)14(7-2-6-13)9-10-3-1-8-16-10/h1,3,8H,2,4-5,7,9H2. The molecule has 0 unspecified atom stereocenters. The molecule has 1 heterocycles. The zero-order valence-corrected chi connectivity index (χ0v) is 10.4. The first-order chi connectivity index (χ1) is 7.77. The van der Waals surface area contributed by atoms with Crippen LogP contribution in [-0.2, 0) is 11.3 Å². The van der Waals surface area contributed by atoms with E-state index in [-0.39, 0.29) is 5.91 Å². The molecule has 0 atom stereocenters. The zero-order chi connectivity index (χ0) is 11.8. The summed E-state index contributed by atoms with van der Waals surface area (Å²) in [5, 5.41) is 9.16. The van der Waals surface area contributed by atoms with Crippen LogP contribution in [0.2, 0.25) is 0 Å². The van der Waals surface area contributed by atoms with E-state index in [1.165, 1.54) is 0 Å². The third-order valence-electron chi connectivity index (χ3n) is 2.08. The molecule has 0 spiro atoms. The van der Waals surface area contributed by atoms with Gasteiger partial charge in [0.15, 0.2) is 0 Å². The molecular weight excluding hydrogens is 272 g/mol. The topological polar surface area (TPSA) is 57.2 Å². The summed E-state index contributed by atoms with van der Waals surface area (Å²) in [4.78, 5) is 13.4. The van der Waals surface area contributed by atoms with Crippen LogP contribution in [-0.4, -0.2) is 22.7 Å². The highest BCUT2D eigenvalue weighted by Crippen LogP contribution is 2.08.